The van der Waals surface area contributed by atoms with E-state index in [1.165, 1.54) is 30.6 Å². The fraction of sp³-hybridized carbons (Fsp3) is 0. The van der Waals surface area contributed by atoms with Gasteiger partial charge in [0.15, 0.2) is 17.3 Å². The van der Waals surface area contributed by atoms with Crippen LogP contribution in [-0.4, -0.2) is 9.97 Å². The summed E-state index contributed by atoms with van der Waals surface area (Å²) in [7, 11) is 0. The molecule has 7 heteroatoms. The number of benzene rings is 2. The van der Waals surface area contributed by atoms with Gasteiger partial charge in [0, 0.05) is 10.5 Å². The molecular formula is C14H9BrFN3O2. The van der Waals surface area contributed by atoms with Crippen molar-refractivity contribution >= 4 is 32.5 Å². The van der Waals surface area contributed by atoms with E-state index in [0.29, 0.717) is 15.4 Å². The second kappa shape index (κ2) is 5.17. The first-order valence-corrected chi connectivity index (χ1v) is 6.74. The Labute approximate surface area is 126 Å². The van der Waals surface area contributed by atoms with Crippen LogP contribution < -0.4 is 16.0 Å². The van der Waals surface area contributed by atoms with Crippen molar-refractivity contribution in [2.24, 2.45) is 0 Å². The van der Waals surface area contributed by atoms with Crippen LogP contribution in [-0.2, 0) is 0 Å². The molecule has 0 aliphatic carbocycles. The van der Waals surface area contributed by atoms with Crippen LogP contribution in [0.3, 0.4) is 0 Å². The minimum atomic E-state index is -0.517. The molecule has 2 aromatic carbocycles. The minimum Gasteiger partial charge on any atom is -0.452 e. The van der Waals surface area contributed by atoms with Gasteiger partial charge in [-0.25, -0.2) is 9.37 Å². The highest BCUT2D eigenvalue weighted by Crippen LogP contribution is 2.32. The van der Waals surface area contributed by atoms with Crippen molar-refractivity contribution in [1.29, 1.82) is 0 Å². The van der Waals surface area contributed by atoms with Crippen molar-refractivity contribution in [2.75, 3.05) is 5.73 Å². The number of hydrogen-bond acceptors (Lipinski definition) is 4. The van der Waals surface area contributed by atoms with E-state index >= 15 is 0 Å². The summed E-state index contributed by atoms with van der Waals surface area (Å²) in [6.45, 7) is 0. The number of halogens is 2. The number of ether oxygens (including phenoxy) is 1. The number of nitrogens with one attached hydrogen (secondary N) is 1. The lowest BCUT2D eigenvalue weighted by Gasteiger charge is -2.10. The van der Waals surface area contributed by atoms with E-state index in [1.807, 2.05) is 0 Å². The van der Waals surface area contributed by atoms with E-state index < -0.39 is 5.82 Å². The molecule has 106 valence electrons. The lowest BCUT2D eigenvalue weighted by atomic mass is 10.2. The maximum absolute atomic E-state index is 13.7. The average Bonchev–Trinajstić information content (AvgIpc) is 2.45. The monoisotopic (exact) mass is 349 g/mol. The first-order valence-electron chi connectivity index (χ1n) is 5.94. The molecule has 5 nitrogen and oxygen atoms in total. The third-order valence-corrected chi connectivity index (χ3v) is 3.38. The van der Waals surface area contributed by atoms with E-state index in [0.717, 1.165) is 0 Å². The second-order valence-corrected chi connectivity index (χ2v) is 5.23. The number of fused-ring (bicyclic) bond motifs is 1. The van der Waals surface area contributed by atoms with Crippen molar-refractivity contribution in [1.82, 2.24) is 9.97 Å². The molecule has 0 bridgehead atoms. The van der Waals surface area contributed by atoms with Gasteiger partial charge in [0.25, 0.3) is 5.56 Å². The molecule has 1 heterocycles. The number of aromatic nitrogens is 2. The largest absolute Gasteiger partial charge is 0.452 e. The number of nitrogens with two attached hydrogens (primary N) is 1. The Morgan fingerprint density at radius 2 is 2.05 bits per heavy atom. The summed E-state index contributed by atoms with van der Waals surface area (Å²) < 4.78 is 19.9. The fourth-order valence-electron chi connectivity index (χ4n) is 1.87. The Morgan fingerprint density at radius 3 is 2.86 bits per heavy atom. The molecule has 0 amide bonds. The van der Waals surface area contributed by atoms with Crippen molar-refractivity contribution in [3.8, 4) is 11.5 Å². The van der Waals surface area contributed by atoms with Crippen LogP contribution >= 0.6 is 15.9 Å². The van der Waals surface area contributed by atoms with Crippen LogP contribution in [0.1, 0.15) is 0 Å². The quantitative estimate of drug-likeness (QED) is 0.696. The number of nitrogen functional groups attached to an aromatic ring is 1. The van der Waals surface area contributed by atoms with Crippen molar-refractivity contribution in [3.63, 3.8) is 0 Å². The van der Waals surface area contributed by atoms with Crippen LogP contribution in [0.4, 0.5) is 10.1 Å². The molecule has 0 spiro atoms. The molecule has 0 unspecified atom stereocenters. The molecule has 0 saturated carbocycles. The highest BCUT2D eigenvalue weighted by atomic mass is 79.9. The van der Waals surface area contributed by atoms with Gasteiger partial charge in [-0.3, -0.25) is 4.79 Å². The first kappa shape index (κ1) is 13.6. The van der Waals surface area contributed by atoms with Gasteiger partial charge in [0.2, 0.25) is 0 Å². The molecule has 1 aromatic heterocycles. The predicted octanol–water partition coefficient (Wildman–Crippen LogP) is 3.20. The molecule has 3 N–H and O–H groups in total. The third kappa shape index (κ3) is 2.59. The number of anilines is 1. The summed E-state index contributed by atoms with van der Waals surface area (Å²) in [6, 6.07) is 7.28. The van der Waals surface area contributed by atoms with E-state index in [2.05, 4.69) is 25.9 Å². The van der Waals surface area contributed by atoms with Gasteiger partial charge in [-0.15, -0.1) is 0 Å². The molecule has 0 radical (unpaired) electrons. The van der Waals surface area contributed by atoms with E-state index in [-0.39, 0.29) is 22.7 Å². The van der Waals surface area contributed by atoms with E-state index in [1.54, 1.807) is 6.07 Å². The topological polar surface area (TPSA) is 81.0 Å². The smallest absolute Gasteiger partial charge is 0.258 e. The lowest BCUT2D eigenvalue weighted by molar-refractivity contribution is 0.444. The fourth-order valence-corrected chi connectivity index (χ4v) is 2.22. The van der Waals surface area contributed by atoms with Crippen LogP contribution in [0.2, 0.25) is 0 Å². The molecule has 21 heavy (non-hydrogen) atoms. The summed E-state index contributed by atoms with van der Waals surface area (Å²) in [5.41, 5.74) is 6.19. The van der Waals surface area contributed by atoms with Gasteiger partial charge in [-0.05, 0) is 24.3 Å². The molecular weight excluding hydrogens is 341 g/mol. The Bertz CT molecular complexity index is 895. The number of hydrogen-bond donors (Lipinski definition) is 2. The zero-order valence-electron chi connectivity index (χ0n) is 10.6. The van der Waals surface area contributed by atoms with Gasteiger partial charge >= 0.3 is 0 Å². The highest BCUT2D eigenvalue weighted by molar-refractivity contribution is 9.10. The molecule has 0 atom stereocenters. The molecule has 0 aliphatic heterocycles. The van der Waals surface area contributed by atoms with E-state index in [4.69, 9.17) is 10.5 Å². The van der Waals surface area contributed by atoms with Gasteiger partial charge in [-0.1, -0.05) is 15.9 Å². The third-order valence-electron chi connectivity index (χ3n) is 2.89. The van der Waals surface area contributed by atoms with Gasteiger partial charge in [0.1, 0.15) is 0 Å². The van der Waals surface area contributed by atoms with Crippen LogP contribution in [0.25, 0.3) is 10.9 Å². The summed E-state index contributed by atoms with van der Waals surface area (Å²) in [5.74, 6) is -0.255. The number of rotatable bonds is 2. The molecule has 0 fully saturated rings. The van der Waals surface area contributed by atoms with Gasteiger partial charge in [-0.2, -0.15) is 0 Å². The van der Waals surface area contributed by atoms with Crippen molar-refractivity contribution in [2.45, 2.75) is 0 Å². The lowest BCUT2D eigenvalue weighted by Crippen LogP contribution is -2.07. The van der Waals surface area contributed by atoms with Crippen LogP contribution in [0, 0.1) is 5.82 Å². The average molecular weight is 350 g/mol. The maximum atomic E-state index is 13.7. The van der Waals surface area contributed by atoms with Gasteiger partial charge < -0.3 is 15.5 Å². The molecule has 0 aliphatic rings. The number of H-pyrrole nitrogens is 1. The van der Waals surface area contributed by atoms with Gasteiger partial charge in [0.05, 0.1) is 22.9 Å². The zero-order valence-corrected chi connectivity index (χ0v) is 12.1. The molecule has 0 saturated heterocycles. The number of nitrogens with zero attached hydrogens (tertiary/aromatic N) is 1. The minimum absolute atomic E-state index is 0.0280. The summed E-state index contributed by atoms with van der Waals surface area (Å²) in [6.07, 6.45) is 1.28. The Hall–Kier alpha value is -2.41. The second-order valence-electron chi connectivity index (χ2n) is 4.32. The summed E-state index contributed by atoms with van der Waals surface area (Å²) >= 11 is 3.24. The summed E-state index contributed by atoms with van der Waals surface area (Å²) in [5, 5.41) is 0.345. The van der Waals surface area contributed by atoms with Crippen LogP contribution in [0.15, 0.2) is 45.9 Å². The Balaban J connectivity index is 2.10. The Morgan fingerprint density at radius 1 is 1.24 bits per heavy atom. The molecule has 3 rings (SSSR count). The standard InChI is InChI=1S/C14H9BrFN3O2/c15-7-1-2-9(16)12(3-7)21-13-5-11-8(4-10(13)17)14(20)19-6-18-11/h1-6H,17H2,(H,18,19,20). The maximum Gasteiger partial charge on any atom is 0.258 e. The number of aromatic amines is 1. The van der Waals surface area contributed by atoms with E-state index in [9.17, 15) is 9.18 Å². The predicted molar refractivity (Wildman–Crippen MR) is 81.0 cm³/mol. The zero-order chi connectivity index (χ0) is 15.0. The summed E-state index contributed by atoms with van der Waals surface area (Å²) in [4.78, 5) is 18.1. The Kier molecular flexibility index (Phi) is 3.34. The first-order chi connectivity index (χ1) is 10.0. The SMILES string of the molecule is Nc1cc2c(=O)[nH]cnc2cc1Oc1cc(Br)ccc1F. The highest BCUT2D eigenvalue weighted by Gasteiger charge is 2.11. The normalized spacial score (nSPS) is 10.8. The van der Waals surface area contributed by atoms with Crippen molar-refractivity contribution in [3.05, 3.63) is 57.3 Å². The van der Waals surface area contributed by atoms with Crippen LogP contribution in [0.5, 0.6) is 11.5 Å². The molecule has 3 aromatic rings. The van der Waals surface area contributed by atoms with Crippen molar-refractivity contribution < 1.29 is 9.13 Å².